The van der Waals surface area contributed by atoms with Crippen LogP contribution in [-0.4, -0.2) is 31.5 Å². The number of nitriles is 1. The van der Waals surface area contributed by atoms with Gasteiger partial charge in [-0.1, -0.05) is 13.8 Å². The van der Waals surface area contributed by atoms with Crippen LogP contribution in [0.1, 0.15) is 20.3 Å². The van der Waals surface area contributed by atoms with E-state index in [-0.39, 0.29) is 18.2 Å². The minimum Gasteiger partial charge on any atom is -0.490 e. The smallest absolute Gasteiger partial charge is 0.241 e. The molecule has 0 saturated carbocycles. The van der Waals surface area contributed by atoms with E-state index in [2.05, 4.69) is 5.32 Å². The monoisotopic (exact) mass is 309 g/mol. The third-order valence-electron chi connectivity index (χ3n) is 2.81. The van der Waals surface area contributed by atoms with Crippen molar-refractivity contribution in [3.63, 3.8) is 0 Å². The molecule has 1 aliphatic rings. The maximum atomic E-state index is 11.8. The van der Waals surface area contributed by atoms with E-state index in [1.54, 1.807) is 6.07 Å². The second kappa shape index (κ2) is 9.09. The summed E-state index contributed by atoms with van der Waals surface area (Å²) in [4.78, 5) is 13.3. The van der Waals surface area contributed by atoms with Gasteiger partial charge in [0.1, 0.15) is 18.2 Å². The predicted molar refractivity (Wildman–Crippen MR) is 85.1 cm³/mol. The minimum atomic E-state index is -0.222. The number of carbonyl (C=O) groups excluding carboxylic acids is 1. The first-order chi connectivity index (χ1) is 10.3. The Kier molecular flexibility index (Phi) is 7.41. The van der Waals surface area contributed by atoms with E-state index in [1.807, 2.05) is 32.0 Å². The molecule has 0 saturated heterocycles. The van der Waals surface area contributed by atoms with E-state index in [4.69, 9.17) is 21.6 Å². The molecule has 1 aromatic carbocycles. The molecular weight excluding hydrogens is 290 g/mol. The number of halogens is 1. The van der Waals surface area contributed by atoms with Crippen molar-refractivity contribution in [1.29, 1.82) is 5.26 Å². The molecule has 21 heavy (non-hydrogen) atoms. The third kappa shape index (κ3) is 4.54. The van der Waals surface area contributed by atoms with E-state index in [0.717, 1.165) is 12.2 Å². The Labute approximate surface area is 130 Å². The molecule has 0 spiro atoms. The second-order valence-corrected chi connectivity index (χ2v) is 4.31. The van der Waals surface area contributed by atoms with Crippen LogP contribution in [0.5, 0.6) is 5.75 Å². The normalized spacial score (nSPS) is 11.7. The van der Waals surface area contributed by atoms with Gasteiger partial charge in [-0.05, 0) is 12.1 Å². The Morgan fingerprint density at radius 2 is 2.29 bits per heavy atom. The predicted octanol–water partition coefficient (Wildman–Crippen LogP) is 3.00. The lowest BCUT2D eigenvalue weighted by Gasteiger charge is -2.24. The van der Waals surface area contributed by atoms with Crippen LogP contribution in [0.15, 0.2) is 18.2 Å². The maximum absolute atomic E-state index is 11.8. The van der Waals surface area contributed by atoms with Crippen LogP contribution in [0.2, 0.25) is 0 Å². The average Bonchev–Trinajstić information content (AvgIpc) is 2.56. The summed E-state index contributed by atoms with van der Waals surface area (Å²) in [5.41, 5.74) is 1.61. The zero-order chi connectivity index (χ0) is 15.7. The van der Waals surface area contributed by atoms with E-state index in [0.29, 0.717) is 24.6 Å². The maximum Gasteiger partial charge on any atom is 0.241 e. The van der Waals surface area contributed by atoms with Crippen molar-refractivity contribution < 1.29 is 9.53 Å². The van der Waals surface area contributed by atoms with Gasteiger partial charge in [0.25, 0.3) is 0 Å². The fraction of sp³-hybridized carbons (Fsp3) is 0.467. The number of amides is 1. The molecule has 6 heteroatoms. The zero-order valence-electron chi connectivity index (χ0n) is 12.4. The van der Waals surface area contributed by atoms with Crippen molar-refractivity contribution >= 4 is 28.9 Å². The molecule has 0 atom stereocenters. The van der Waals surface area contributed by atoms with Crippen molar-refractivity contribution in [2.45, 2.75) is 20.3 Å². The fourth-order valence-corrected chi connectivity index (χ4v) is 2.07. The first-order valence-corrected chi connectivity index (χ1v) is 7.53. The number of hydrogen-bond acceptors (Lipinski definition) is 4. The van der Waals surface area contributed by atoms with Crippen molar-refractivity contribution in [2.24, 2.45) is 0 Å². The van der Waals surface area contributed by atoms with Gasteiger partial charge in [0.05, 0.1) is 18.2 Å². The highest BCUT2D eigenvalue weighted by Crippen LogP contribution is 2.32. The van der Waals surface area contributed by atoms with Gasteiger partial charge in [-0.25, -0.2) is 0 Å². The van der Waals surface area contributed by atoms with Crippen molar-refractivity contribution in [1.82, 2.24) is 0 Å². The number of hydrogen-bond donors (Lipinski definition) is 1. The van der Waals surface area contributed by atoms with Crippen LogP contribution >= 0.6 is 11.6 Å². The highest BCUT2D eigenvalue weighted by Gasteiger charge is 2.17. The SMILES string of the molecule is CC.N#CCCN(C(=O)CCl)c1ccc2c(c1)OCCN2. The first-order valence-electron chi connectivity index (χ1n) is 7.00. The summed E-state index contributed by atoms with van der Waals surface area (Å²) in [6.07, 6.45) is 0.263. The number of nitrogens with one attached hydrogen (secondary N) is 1. The van der Waals surface area contributed by atoms with Gasteiger partial charge < -0.3 is 15.0 Å². The number of rotatable bonds is 4. The van der Waals surface area contributed by atoms with Gasteiger partial charge in [-0.3, -0.25) is 4.79 Å². The van der Waals surface area contributed by atoms with Gasteiger partial charge in [-0.2, -0.15) is 5.26 Å². The van der Waals surface area contributed by atoms with Gasteiger partial charge in [0.15, 0.2) is 0 Å². The van der Waals surface area contributed by atoms with Crippen LogP contribution in [-0.2, 0) is 4.79 Å². The molecule has 1 N–H and O–H groups in total. The fourth-order valence-electron chi connectivity index (χ4n) is 1.92. The molecule has 1 aliphatic heterocycles. The number of anilines is 2. The van der Waals surface area contributed by atoms with Gasteiger partial charge in [-0.15, -0.1) is 11.6 Å². The van der Waals surface area contributed by atoms with Crippen LogP contribution in [0.4, 0.5) is 11.4 Å². The van der Waals surface area contributed by atoms with Crippen molar-refractivity contribution in [2.75, 3.05) is 35.8 Å². The first kappa shape index (κ1) is 17.1. The Balaban J connectivity index is 0.00000106. The van der Waals surface area contributed by atoms with Crippen molar-refractivity contribution in [3.05, 3.63) is 18.2 Å². The second-order valence-electron chi connectivity index (χ2n) is 4.04. The summed E-state index contributed by atoms with van der Waals surface area (Å²) >= 11 is 5.60. The summed E-state index contributed by atoms with van der Waals surface area (Å²) in [7, 11) is 0. The van der Waals surface area contributed by atoms with E-state index in [1.165, 1.54) is 4.90 Å². The molecule has 0 unspecified atom stereocenters. The molecular formula is C15H20ClN3O2. The Morgan fingerprint density at radius 1 is 1.52 bits per heavy atom. The highest BCUT2D eigenvalue weighted by molar-refractivity contribution is 6.29. The standard InChI is InChI=1S/C13H14ClN3O2.C2H6/c14-9-13(18)17(6-1-4-15)10-2-3-11-12(8-10)19-7-5-16-11;1-2/h2-3,8,16H,1,5-7,9H2;1-2H3. The number of ether oxygens (including phenoxy) is 1. The summed E-state index contributed by atoms with van der Waals surface area (Å²) in [5.74, 6) is 0.385. The van der Waals surface area contributed by atoms with E-state index in [9.17, 15) is 4.79 Å². The lowest BCUT2D eigenvalue weighted by Crippen LogP contribution is -2.33. The van der Waals surface area contributed by atoms with Crippen LogP contribution in [0.25, 0.3) is 0 Å². The molecule has 1 aromatic rings. The molecule has 1 amide bonds. The third-order valence-corrected chi connectivity index (χ3v) is 3.04. The van der Waals surface area contributed by atoms with Crippen molar-refractivity contribution in [3.8, 4) is 11.8 Å². The van der Waals surface area contributed by atoms with Gasteiger partial charge in [0.2, 0.25) is 5.91 Å². The summed E-state index contributed by atoms with van der Waals surface area (Å²) in [6.45, 7) is 5.69. The molecule has 0 aliphatic carbocycles. The van der Waals surface area contributed by atoms with Gasteiger partial charge in [0, 0.05) is 24.8 Å². The quantitative estimate of drug-likeness (QED) is 0.868. The lowest BCUT2D eigenvalue weighted by atomic mass is 10.2. The van der Waals surface area contributed by atoms with Crippen LogP contribution in [0.3, 0.4) is 0 Å². The topological polar surface area (TPSA) is 65.4 Å². The number of benzene rings is 1. The van der Waals surface area contributed by atoms with Gasteiger partial charge >= 0.3 is 0 Å². The molecule has 2 rings (SSSR count). The zero-order valence-corrected chi connectivity index (χ0v) is 13.1. The molecule has 0 aromatic heterocycles. The minimum absolute atomic E-state index is 0.110. The Bertz CT molecular complexity index is 514. The molecule has 1 heterocycles. The Hall–Kier alpha value is -1.93. The lowest BCUT2D eigenvalue weighted by molar-refractivity contribution is -0.116. The summed E-state index contributed by atoms with van der Waals surface area (Å²) < 4.78 is 5.53. The highest BCUT2D eigenvalue weighted by atomic mass is 35.5. The number of fused-ring (bicyclic) bond motifs is 1. The van der Waals surface area contributed by atoms with E-state index >= 15 is 0 Å². The summed E-state index contributed by atoms with van der Waals surface area (Å²) in [6, 6.07) is 7.51. The molecule has 0 radical (unpaired) electrons. The molecule has 114 valence electrons. The van der Waals surface area contributed by atoms with Crippen LogP contribution in [0, 0.1) is 11.3 Å². The Morgan fingerprint density at radius 3 is 2.95 bits per heavy atom. The van der Waals surface area contributed by atoms with E-state index < -0.39 is 0 Å². The number of nitrogens with zero attached hydrogens (tertiary/aromatic N) is 2. The average molecular weight is 310 g/mol. The van der Waals surface area contributed by atoms with Crippen LogP contribution < -0.4 is 15.0 Å². The molecule has 0 bridgehead atoms. The number of carbonyl (C=O) groups is 1. The number of alkyl halides is 1. The largest absolute Gasteiger partial charge is 0.490 e. The molecule has 5 nitrogen and oxygen atoms in total. The summed E-state index contributed by atoms with van der Waals surface area (Å²) in [5, 5.41) is 11.9. The molecule has 0 fully saturated rings.